The third-order valence-electron chi connectivity index (χ3n) is 4.64. The fourth-order valence-electron chi connectivity index (χ4n) is 3.23. The third-order valence-corrected chi connectivity index (χ3v) is 4.64. The normalized spacial score (nSPS) is 11.7. The summed E-state index contributed by atoms with van der Waals surface area (Å²) in [6.45, 7) is 8.17. The minimum absolute atomic E-state index is 0.463. The second-order valence-corrected chi connectivity index (χ2v) is 7.29. The highest BCUT2D eigenvalue weighted by atomic mass is 16.7. The van der Waals surface area contributed by atoms with Gasteiger partial charge in [0.05, 0.1) is 5.52 Å². The Bertz CT molecular complexity index is 887. The van der Waals surface area contributed by atoms with Gasteiger partial charge in [-0.15, -0.1) is 0 Å². The summed E-state index contributed by atoms with van der Waals surface area (Å²) in [6.07, 6.45) is 5.12. The Kier molecular flexibility index (Phi) is 6.50. The molecule has 0 radical (unpaired) electrons. The van der Waals surface area contributed by atoms with Gasteiger partial charge in [-0.1, -0.05) is 45.4 Å². The Morgan fingerprint density at radius 1 is 1.15 bits per heavy atom. The maximum atomic E-state index is 6.21. The van der Waals surface area contributed by atoms with E-state index in [2.05, 4.69) is 37.1 Å². The van der Waals surface area contributed by atoms with Gasteiger partial charge < -0.3 is 15.9 Å². The molecule has 0 atom stereocenters. The topological polar surface area (TPSA) is 78.0 Å². The Balaban J connectivity index is 1.88. The molecule has 2 aromatic heterocycles. The lowest BCUT2D eigenvalue weighted by Crippen LogP contribution is -2.24. The Morgan fingerprint density at radius 2 is 1.96 bits per heavy atom. The van der Waals surface area contributed by atoms with Crippen LogP contribution in [-0.4, -0.2) is 33.9 Å². The summed E-state index contributed by atoms with van der Waals surface area (Å²) >= 11 is 0. The molecule has 0 spiro atoms. The van der Waals surface area contributed by atoms with Crippen molar-refractivity contribution in [3.05, 3.63) is 30.1 Å². The molecule has 2 heterocycles. The largest absolute Gasteiger partial charge is 0.412 e. The maximum absolute atomic E-state index is 6.21. The number of benzene rings is 1. The monoisotopic (exact) mass is 369 g/mol. The first-order valence-corrected chi connectivity index (χ1v) is 10.0. The second kappa shape index (κ2) is 9.04. The van der Waals surface area contributed by atoms with Crippen LogP contribution in [0.2, 0.25) is 0 Å². The molecule has 0 amide bonds. The van der Waals surface area contributed by atoms with Crippen molar-refractivity contribution in [3.8, 4) is 0 Å². The fraction of sp³-hybridized carbons (Fsp3) is 0.524. The summed E-state index contributed by atoms with van der Waals surface area (Å²) in [5.74, 6) is 1.39. The summed E-state index contributed by atoms with van der Waals surface area (Å²) in [4.78, 5) is 15.5. The Hall–Kier alpha value is -2.34. The van der Waals surface area contributed by atoms with Gasteiger partial charge in [0.25, 0.3) is 0 Å². The van der Waals surface area contributed by atoms with E-state index in [1.54, 1.807) is 0 Å². The maximum Gasteiger partial charge on any atom is 0.152 e. The van der Waals surface area contributed by atoms with Gasteiger partial charge in [0.1, 0.15) is 23.5 Å². The van der Waals surface area contributed by atoms with Crippen molar-refractivity contribution in [1.29, 1.82) is 0 Å². The molecule has 0 saturated carbocycles. The van der Waals surface area contributed by atoms with Crippen molar-refractivity contribution in [2.45, 2.75) is 58.9 Å². The SMILES string of the molecule is CCCCc1nc2c(N)nc3ccccc3c2n1OCCCCNC(C)C. The van der Waals surface area contributed by atoms with E-state index in [4.69, 9.17) is 15.6 Å². The number of nitrogens with two attached hydrogens (primary N) is 1. The number of imidazole rings is 1. The van der Waals surface area contributed by atoms with Crippen molar-refractivity contribution >= 4 is 27.8 Å². The molecule has 6 nitrogen and oxygen atoms in total. The van der Waals surface area contributed by atoms with Crippen LogP contribution in [0.1, 0.15) is 52.3 Å². The van der Waals surface area contributed by atoms with E-state index < -0.39 is 0 Å². The minimum Gasteiger partial charge on any atom is -0.412 e. The van der Waals surface area contributed by atoms with Crippen molar-refractivity contribution in [2.24, 2.45) is 0 Å². The molecule has 6 heteroatoms. The first-order valence-electron chi connectivity index (χ1n) is 10.0. The van der Waals surface area contributed by atoms with Crippen LogP contribution in [0.5, 0.6) is 0 Å². The number of pyridine rings is 1. The van der Waals surface area contributed by atoms with E-state index >= 15 is 0 Å². The zero-order valence-electron chi connectivity index (χ0n) is 16.7. The van der Waals surface area contributed by atoms with Crippen molar-refractivity contribution in [2.75, 3.05) is 18.9 Å². The smallest absolute Gasteiger partial charge is 0.152 e. The first-order chi connectivity index (χ1) is 13.1. The highest BCUT2D eigenvalue weighted by Crippen LogP contribution is 2.28. The Labute approximate surface area is 161 Å². The molecule has 0 aliphatic heterocycles. The molecule has 0 aliphatic rings. The molecule has 146 valence electrons. The van der Waals surface area contributed by atoms with Crippen LogP contribution in [0.15, 0.2) is 24.3 Å². The zero-order valence-corrected chi connectivity index (χ0v) is 16.7. The van der Waals surface area contributed by atoms with Crippen molar-refractivity contribution < 1.29 is 4.84 Å². The average Bonchev–Trinajstić information content (AvgIpc) is 3.02. The highest BCUT2D eigenvalue weighted by Gasteiger charge is 2.18. The van der Waals surface area contributed by atoms with Gasteiger partial charge >= 0.3 is 0 Å². The first kappa shape index (κ1) is 19.4. The fourth-order valence-corrected chi connectivity index (χ4v) is 3.23. The van der Waals surface area contributed by atoms with Crippen LogP contribution < -0.4 is 15.9 Å². The lowest BCUT2D eigenvalue weighted by molar-refractivity contribution is 0.109. The zero-order chi connectivity index (χ0) is 19.2. The number of para-hydroxylation sites is 1. The molecule has 0 aliphatic carbocycles. The molecular formula is C21H31N5O. The number of rotatable bonds is 10. The molecule has 0 unspecified atom stereocenters. The molecule has 3 rings (SSSR count). The molecule has 0 bridgehead atoms. The van der Waals surface area contributed by atoms with E-state index in [0.29, 0.717) is 18.5 Å². The van der Waals surface area contributed by atoms with Crippen molar-refractivity contribution in [3.63, 3.8) is 0 Å². The molecule has 0 saturated heterocycles. The molecule has 1 aromatic carbocycles. The average molecular weight is 370 g/mol. The van der Waals surface area contributed by atoms with E-state index in [1.807, 2.05) is 22.9 Å². The summed E-state index contributed by atoms with van der Waals surface area (Å²) in [7, 11) is 0. The summed E-state index contributed by atoms with van der Waals surface area (Å²) in [5.41, 5.74) is 8.75. The highest BCUT2D eigenvalue weighted by molar-refractivity contribution is 6.06. The van der Waals surface area contributed by atoms with Gasteiger partial charge in [-0.2, -0.15) is 4.73 Å². The number of nitrogens with zero attached hydrogens (tertiary/aromatic N) is 3. The number of aryl methyl sites for hydroxylation is 1. The summed E-state index contributed by atoms with van der Waals surface area (Å²) < 4.78 is 1.90. The lowest BCUT2D eigenvalue weighted by atomic mass is 10.2. The van der Waals surface area contributed by atoms with E-state index in [9.17, 15) is 0 Å². The van der Waals surface area contributed by atoms with Crippen LogP contribution in [-0.2, 0) is 6.42 Å². The number of anilines is 1. The Morgan fingerprint density at radius 3 is 2.74 bits per heavy atom. The van der Waals surface area contributed by atoms with Crippen LogP contribution in [0.4, 0.5) is 5.82 Å². The summed E-state index contributed by atoms with van der Waals surface area (Å²) in [5, 5.41) is 4.47. The second-order valence-electron chi connectivity index (χ2n) is 7.29. The van der Waals surface area contributed by atoms with Crippen LogP contribution >= 0.6 is 0 Å². The van der Waals surface area contributed by atoms with Crippen molar-refractivity contribution in [1.82, 2.24) is 20.0 Å². The van der Waals surface area contributed by atoms with Gasteiger partial charge in [-0.25, -0.2) is 9.97 Å². The number of nitrogens with one attached hydrogen (secondary N) is 1. The predicted molar refractivity (Wildman–Crippen MR) is 112 cm³/mol. The van der Waals surface area contributed by atoms with E-state index in [1.165, 1.54) is 0 Å². The summed E-state index contributed by atoms with van der Waals surface area (Å²) in [6, 6.07) is 8.54. The standard InChI is InChI=1S/C21H31N5O/c1-4-5-12-18-25-19-20(16-10-6-7-11-17(16)24-21(19)22)26(18)27-14-9-8-13-23-15(2)3/h6-7,10-11,15,23H,4-5,8-9,12-14H2,1-3H3,(H2,22,24). The van der Waals surface area contributed by atoms with Crippen LogP contribution in [0, 0.1) is 0 Å². The number of aromatic nitrogens is 3. The number of hydrogen-bond acceptors (Lipinski definition) is 5. The van der Waals surface area contributed by atoms with Gasteiger partial charge in [-0.05, 0) is 31.9 Å². The van der Waals surface area contributed by atoms with E-state index in [-0.39, 0.29) is 0 Å². The molecule has 3 aromatic rings. The molecule has 27 heavy (non-hydrogen) atoms. The molecule has 3 N–H and O–H groups in total. The van der Waals surface area contributed by atoms with Crippen LogP contribution in [0.3, 0.4) is 0 Å². The number of nitrogen functional groups attached to an aromatic ring is 1. The number of hydrogen-bond donors (Lipinski definition) is 2. The van der Waals surface area contributed by atoms with Gasteiger partial charge in [0.15, 0.2) is 5.82 Å². The van der Waals surface area contributed by atoms with Gasteiger partial charge in [-0.3, -0.25) is 0 Å². The minimum atomic E-state index is 0.463. The third kappa shape index (κ3) is 4.50. The van der Waals surface area contributed by atoms with Crippen LogP contribution in [0.25, 0.3) is 21.9 Å². The quantitative estimate of drug-likeness (QED) is 0.533. The predicted octanol–water partition coefficient (Wildman–Crippen LogP) is 3.72. The number of unbranched alkanes of at least 4 members (excludes halogenated alkanes) is 2. The van der Waals surface area contributed by atoms with Gasteiger partial charge in [0, 0.05) is 17.8 Å². The molecular weight excluding hydrogens is 338 g/mol. The van der Waals surface area contributed by atoms with E-state index in [0.717, 1.165) is 66.4 Å². The number of fused-ring (bicyclic) bond motifs is 3. The molecule has 0 fully saturated rings. The van der Waals surface area contributed by atoms with Gasteiger partial charge in [0.2, 0.25) is 0 Å². The lowest BCUT2D eigenvalue weighted by Gasteiger charge is -2.13.